The molecule has 2 rings (SSSR count). The van der Waals surface area contributed by atoms with Crippen molar-refractivity contribution in [3.8, 4) is 0 Å². The van der Waals surface area contributed by atoms with Crippen molar-refractivity contribution in [3.05, 3.63) is 12.2 Å². The maximum Gasteiger partial charge on any atom is 0.237 e. The predicted molar refractivity (Wildman–Crippen MR) is 63.2 cm³/mol. The van der Waals surface area contributed by atoms with E-state index in [1.54, 1.807) is 6.33 Å². The topological polar surface area (TPSA) is 71.8 Å². The quantitative estimate of drug-likeness (QED) is 0.784. The van der Waals surface area contributed by atoms with Gasteiger partial charge in [0, 0.05) is 13.6 Å². The Kier molecular flexibility index (Phi) is 3.73. The second-order valence-electron chi connectivity index (χ2n) is 4.53. The summed E-state index contributed by atoms with van der Waals surface area (Å²) in [7, 11) is 1.90. The summed E-state index contributed by atoms with van der Waals surface area (Å²) in [5.74, 6) is 0.943. The van der Waals surface area contributed by atoms with Crippen molar-refractivity contribution in [2.75, 3.05) is 6.54 Å². The molecular formula is C11H19N5O. The van der Waals surface area contributed by atoms with E-state index >= 15 is 0 Å². The number of hydrogen-bond donors (Lipinski definition) is 2. The third kappa shape index (κ3) is 2.82. The maximum atomic E-state index is 11.8. The van der Waals surface area contributed by atoms with Crippen LogP contribution < -0.4 is 10.6 Å². The number of rotatable bonds is 3. The molecule has 6 nitrogen and oxygen atoms in total. The lowest BCUT2D eigenvalue weighted by Crippen LogP contribution is -2.44. The zero-order chi connectivity index (χ0) is 12.3. The molecule has 6 heteroatoms. The normalized spacial score (nSPS) is 22.9. The molecule has 0 aliphatic carbocycles. The van der Waals surface area contributed by atoms with Gasteiger partial charge in [0.2, 0.25) is 5.91 Å². The fraction of sp³-hybridized carbons (Fsp3) is 0.727. The largest absolute Gasteiger partial charge is 0.355 e. The molecule has 2 unspecified atom stereocenters. The van der Waals surface area contributed by atoms with E-state index in [4.69, 9.17) is 0 Å². The molecule has 0 bridgehead atoms. The first-order valence-electron chi connectivity index (χ1n) is 6.06. The maximum absolute atomic E-state index is 11.8. The van der Waals surface area contributed by atoms with E-state index in [0.29, 0.717) is 0 Å². The van der Waals surface area contributed by atoms with Crippen LogP contribution in [-0.2, 0) is 11.8 Å². The molecule has 1 aromatic heterocycles. The zero-order valence-electron chi connectivity index (χ0n) is 10.3. The van der Waals surface area contributed by atoms with Gasteiger partial charge in [-0.25, -0.2) is 0 Å². The fourth-order valence-corrected chi connectivity index (χ4v) is 2.16. The minimum absolute atomic E-state index is 0.0244. The van der Waals surface area contributed by atoms with Crippen LogP contribution in [0.1, 0.15) is 38.1 Å². The number of nitrogens with zero attached hydrogens (tertiary/aromatic N) is 3. The fourth-order valence-electron chi connectivity index (χ4n) is 2.16. The lowest BCUT2D eigenvalue weighted by molar-refractivity contribution is -0.123. The lowest BCUT2D eigenvalue weighted by Gasteiger charge is -2.20. The number of aromatic nitrogens is 3. The minimum Gasteiger partial charge on any atom is -0.355 e. The molecule has 17 heavy (non-hydrogen) atoms. The van der Waals surface area contributed by atoms with Crippen molar-refractivity contribution in [2.45, 2.75) is 38.3 Å². The Balaban J connectivity index is 2.00. The standard InChI is InChI=1S/C11H19N5O/c1-8(10-15-13-7-16(10)2)14-9-5-3-4-6-12-11(9)17/h7-9,14H,3-6H2,1-2H3,(H,12,17). The third-order valence-corrected chi connectivity index (χ3v) is 3.12. The molecule has 1 aliphatic rings. The van der Waals surface area contributed by atoms with Crippen LogP contribution in [0.25, 0.3) is 0 Å². The molecule has 0 saturated carbocycles. The van der Waals surface area contributed by atoms with Gasteiger partial charge in [-0.15, -0.1) is 10.2 Å². The third-order valence-electron chi connectivity index (χ3n) is 3.12. The Hall–Kier alpha value is -1.43. The summed E-state index contributed by atoms with van der Waals surface area (Å²) in [6.07, 6.45) is 4.68. The van der Waals surface area contributed by atoms with Crippen LogP contribution in [0.15, 0.2) is 6.33 Å². The number of hydrogen-bond acceptors (Lipinski definition) is 4. The van der Waals surface area contributed by atoms with Crippen molar-refractivity contribution >= 4 is 5.91 Å². The Morgan fingerprint density at radius 3 is 3.12 bits per heavy atom. The van der Waals surface area contributed by atoms with Crippen molar-refractivity contribution in [2.24, 2.45) is 7.05 Å². The van der Waals surface area contributed by atoms with Gasteiger partial charge in [0.05, 0.1) is 12.1 Å². The summed E-state index contributed by atoms with van der Waals surface area (Å²) in [5, 5.41) is 14.1. The van der Waals surface area contributed by atoms with Gasteiger partial charge in [0.1, 0.15) is 12.2 Å². The van der Waals surface area contributed by atoms with Gasteiger partial charge in [-0.2, -0.15) is 0 Å². The van der Waals surface area contributed by atoms with Crippen LogP contribution in [-0.4, -0.2) is 33.3 Å². The molecular weight excluding hydrogens is 218 g/mol. The van der Waals surface area contributed by atoms with Crippen LogP contribution in [0.5, 0.6) is 0 Å². The first-order valence-corrected chi connectivity index (χ1v) is 6.06. The van der Waals surface area contributed by atoms with Crippen molar-refractivity contribution < 1.29 is 4.79 Å². The highest BCUT2D eigenvalue weighted by molar-refractivity contribution is 5.81. The van der Waals surface area contributed by atoms with Crippen LogP contribution in [0.3, 0.4) is 0 Å². The molecule has 0 radical (unpaired) electrons. The summed E-state index contributed by atoms with van der Waals surface area (Å²) in [4.78, 5) is 11.8. The van der Waals surface area contributed by atoms with Crippen LogP contribution in [0, 0.1) is 0 Å². The summed E-state index contributed by atoms with van der Waals surface area (Å²) >= 11 is 0. The highest BCUT2D eigenvalue weighted by Crippen LogP contribution is 2.12. The SMILES string of the molecule is CC(NC1CCCCNC1=O)c1nncn1C. The lowest BCUT2D eigenvalue weighted by atomic mass is 10.1. The van der Waals surface area contributed by atoms with E-state index in [1.807, 2.05) is 18.5 Å². The number of amides is 1. The van der Waals surface area contributed by atoms with Crippen molar-refractivity contribution in [3.63, 3.8) is 0 Å². The average molecular weight is 237 g/mol. The highest BCUT2D eigenvalue weighted by Gasteiger charge is 2.23. The van der Waals surface area contributed by atoms with Gasteiger partial charge in [-0.3, -0.25) is 10.1 Å². The van der Waals surface area contributed by atoms with Crippen LogP contribution in [0.4, 0.5) is 0 Å². The highest BCUT2D eigenvalue weighted by atomic mass is 16.2. The number of carbonyl (C=O) groups is 1. The summed E-state index contributed by atoms with van der Waals surface area (Å²) in [6.45, 7) is 2.79. The van der Waals surface area contributed by atoms with Gasteiger partial charge < -0.3 is 9.88 Å². The molecule has 0 spiro atoms. The van der Waals surface area contributed by atoms with Crippen molar-refractivity contribution in [1.29, 1.82) is 0 Å². The smallest absolute Gasteiger partial charge is 0.237 e. The first-order chi connectivity index (χ1) is 8.18. The molecule has 0 aromatic carbocycles. The zero-order valence-corrected chi connectivity index (χ0v) is 10.3. The summed E-state index contributed by atoms with van der Waals surface area (Å²) in [5.41, 5.74) is 0. The Labute approximate surface area is 101 Å². The van der Waals surface area contributed by atoms with Crippen molar-refractivity contribution in [1.82, 2.24) is 25.4 Å². The van der Waals surface area contributed by atoms with E-state index in [2.05, 4.69) is 20.8 Å². The number of aryl methyl sites for hydroxylation is 1. The van der Waals surface area contributed by atoms with E-state index < -0.39 is 0 Å². The molecule has 1 amide bonds. The molecule has 94 valence electrons. The van der Waals surface area contributed by atoms with E-state index in [-0.39, 0.29) is 18.0 Å². The summed E-state index contributed by atoms with van der Waals surface area (Å²) in [6, 6.07) is -0.0967. The van der Waals surface area contributed by atoms with Gasteiger partial charge >= 0.3 is 0 Å². The second kappa shape index (κ2) is 5.27. The Bertz CT molecular complexity index is 389. The van der Waals surface area contributed by atoms with Gasteiger partial charge in [-0.05, 0) is 26.2 Å². The van der Waals surface area contributed by atoms with E-state index in [1.165, 1.54) is 0 Å². The average Bonchev–Trinajstić information content (AvgIpc) is 2.63. The summed E-state index contributed by atoms with van der Waals surface area (Å²) < 4.78 is 1.87. The molecule has 1 aromatic rings. The van der Waals surface area contributed by atoms with Crippen LogP contribution in [0.2, 0.25) is 0 Å². The molecule has 2 heterocycles. The van der Waals surface area contributed by atoms with Gasteiger partial charge in [0.25, 0.3) is 0 Å². The molecule has 1 aliphatic heterocycles. The molecule has 2 atom stereocenters. The number of carbonyl (C=O) groups excluding carboxylic acids is 1. The molecule has 1 fully saturated rings. The monoisotopic (exact) mass is 237 g/mol. The van der Waals surface area contributed by atoms with Gasteiger partial charge in [-0.1, -0.05) is 0 Å². The van der Waals surface area contributed by atoms with Gasteiger partial charge in [0.15, 0.2) is 0 Å². The Morgan fingerprint density at radius 2 is 2.41 bits per heavy atom. The van der Waals surface area contributed by atoms with Crippen LogP contribution >= 0.6 is 0 Å². The number of nitrogens with one attached hydrogen (secondary N) is 2. The molecule has 2 N–H and O–H groups in total. The first kappa shape index (κ1) is 12.0. The predicted octanol–water partition coefficient (Wildman–Crippen LogP) is 0.134. The van der Waals surface area contributed by atoms with E-state index in [0.717, 1.165) is 31.6 Å². The Morgan fingerprint density at radius 1 is 1.59 bits per heavy atom. The van der Waals surface area contributed by atoms with E-state index in [9.17, 15) is 4.79 Å². The minimum atomic E-state index is -0.121. The second-order valence-corrected chi connectivity index (χ2v) is 4.53. The molecule has 1 saturated heterocycles.